The minimum atomic E-state index is -1.02. The summed E-state index contributed by atoms with van der Waals surface area (Å²) in [5, 5.41) is 12.7. The van der Waals surface area contributed by atoms with Gasteiger partial charge in [0.25, 0.3) is 0 Å². The molecule has 2 aromatic carbocycles. The second kappa shape index (κ2) is 8.41. The van der Waals surface area contributed by atoms with E-state index in [1.807, 2.05) is 24.3 Å². The first-order chi connectivity index (χ1) is 11.1. The molecule has 0 radical (unpaired) electrons. The van der Waals surface area contributed by atoms with Crippen LogP contribution in [0.25, 0.3) is 0 Å². The molecule has 1 atom stereocenters. The summed E-state index contributed by atoms with van der Waals surface area (Å²) in [7, 11) is 1.63. The van der Waals surface area contributed by atoms with Crippen LogP contribution in [0.15, 0.2) is 48.5 Å². The maximum atomic E-state index is 13.1. The van der Waals surface area contributed by atoms with Crippen molar-refractivity contribution in [2.24, 2.45) is 0 Å². The van der Waals surface area contributed by atoms with Crippen LogP contribution in [0.2, 0.25) is 0 Å². The molecule has 2 N–H and O–H groups in total. The monoisotopic (exact) mass is 317 g/mol. The molecule has 0 saturated heterocycles. The standard InChI is InChI=1S/C18H20FNO3/c1-23-12-14-5-2-4-13(8-14)11-20-18(22)10-17(21)15-6-3-7-16(19)9-15/h2-9,17,21H,10-12H2,1H3,(H,20,22). The number of ether oxygens (including phenoxy) is 1. The topological polar surface area (TPSA) is 58.6 Å². The van der Waals surface area contributed by atoms with Crippen LogP contribution in [-0.4, -0.2) is 18.1 Å². The highest BCUT2D eigenvalue weighted by Crippen LogP contribution is 2.17. The van der Waals surface area contributed by atoms with Gasteiger partial charge in [-0.2, -0.15) is 0 Å². The third kappa shape index (κ3) is 5.47. The number of carbonyl (C=O) groups is 1. The van der Waals surface area contributed by atoms with Crippen LogP contribution in [0.3, 0.4) is 0 Å². The molecule has 0 bridgehead atoms. The highest BCUT2D eigenvalue weighted by Gasteiger charge is 2.13. The van der Waals surface area contributed by atoms with Gasteiger partial charge in [-0.05, 0) is 28.8 Å². The highest BCUT2D eigenvalue weighted by atomic mass is 19.1. The second-order valence-corrected chi connectivity index (χ2v) is 5.30. The molecule has 0 saturated carbocycles. The Hall–Kier alpha value is -2.24. The average molecular weight is 317 g/mol. The van der Waals surface area contributed by atoms with Crippen molar-refractivity contribution in [3.8, 4) is 0 Å². The number of hydrogen-bond donors (Lipinski definition) is 2. The number of benzene rings is 2. The van der Waals surface area contributed by atoms with Crippen molar-refractivity contribution in [1.82, 2.24) is 5.32 Å². The Bertz CT molecular complexity index is 660. The summed E-state index contributed by atoms with van der Waals surface area (Å²) < 4.78 is 18.2. The molecule has 122 valence electrons. The van der Waals surface area contributed by atoms with Crippen LogP contribution >= 0.6 is 0 Å². The van der Waals surface area contributed by atoms with E-state index in [-0.39, 0.29) is 12.3 Å². The molecule has 2 aromatic rings. The molecule has 23 heavy (non-hydrogen) atoms. The summed E-state index contributed by atoms with van der Waals surface area (Å²) in [6.45, 7) is 0.881. The molecule has 1 unspecified atom stereocenters. The first-order valence-electron chi connectivity index (χ1n) is 7.35. The van der Waals surface area contributed by atoms with Crippen LogP contribution in [-0.2, 0) is 22.7 Å². The van der Waals surface area contributed by atoms with Gasteiger partial charge >= 0.3 is 0 Å². The van der Waals surface area contributed by atoms with E-state index in [9.17, 15) is 14.3 Å². The zero-order valence-electron chi connectivity index (χ0n) is 13.0. The average Bonchev–Trinajstić information content (AvgIpc) is 2.54. The van der Waals surface area contributed by atoms with Crippen molar-refractivity contribution in [2.75, 3.05) is 7.11 Å². The molecule has 5 heteroatoms. The van der Waals surface area contributed by atoms with Crippen molar-refractivity contribution in [1.29, 1.82) is 0 Å². The number of nitrogens with one attached hydrogen (secondary N) is 1. The predicted octanol–water partition coefficient (Wildman–Crippen LogP) is 2.71. The van der Waals surface area contributed by atoms with Gasteiger partial charge in [-0.15, -0.1) is 0 Å². The molecule has 0 aliphatic carbocycles. The Morgan fingerprint density at radius 1 is 1.22 bits per heavy atom. The molecule has 1 amide bonds. The third-order valence-electron chi connectivity index (χ3n) is 3.40. The molecule has 4 nitrogen and oxygen atoms in total. The molecule has 0 heterocycles. The van der Waals surface area contributed by atoms with Gasteiger partial charge in [-0.25, -0.2) is 4.39 Å². The van der Waals surface area contributed by atoms with E-state index in [2.05, 4.69) is 5.32 Å². The second-order valence-electron chi connectivity index (χ2n) is 5.30. The first kappa shape index (κ1) is 17.1. The first-order valence-corrected chi connectivity index (χ1v) is 7.35. The van der Waals surface area contributed by atoms with Gasteiger partial charge in [-0.1, -0.05) is 36.4 Å². The molecular formula is C18H20FNO3. The quantitative estimate of drug-likeness (QED) is 0.825. The lowest BCUT2D eigenvalue weighted by molar-refractivity contribution is -0.123. The molecule has 0 aliphatic rings. The maximum Gasteiger partial charge on any atom is 0.223 e. The van der Waals surface area contributed by atoms with Crippen LogP contribution < -0.4 is 5.32 Å². The van der Waals surface area contributed by atoms with E-state index >= 15 is 0 Å². The Balaban J connectivity index is 1.86. The maximum absolute atomic E-state index is 13.1. The number of rotatable bonds is 7. The zero-order chi connectivity index (χ0) is 16.7. The van der Waals surface area contributed by atoms with Gasteiger partial charge in [0.1, 0.15) is 5.82 Å². The summed E-state index contributed by atoms with van der Waals surface area (Å²) >= 11 is 0. The predicted molar refractivity (Wildman–Crippen MR) is 85.0 cm³/mol. The third-order valence-corrected chi connectivity index (χ3v) is 3.40. The van der Waals surface area contributed by atoms with Crippen LogP contribution in [0, 0.1) is 5.82 Å². The number of aliphatic hydroxyl groups is 1. The summed E-state index contributed by atoms with van der Waals surface area (Å²) in [6.07, 6.45) is -1.13. The fourth-order valence-corrected chi connectivity index (χ4v) is 2.28. The summed E-state index contributed by atoms with van der Waals surface area (Å²) in [6, 6.07) is 13.3. The number of methoxy groups -OCH3 is 1. The minimum Gasteiger partial charge on any atom is -0.388 e. The molecule has 0 fully saturated rings. The van der Waals surface area contributed by atoms with E-state index in [1.54, 1.807) is 13.2 Å². The molecule has 0 spiro atoms. The van der Waals surface area contributed by atoms with Gasteiger partial charge < -0.3 is 15.2 Å². The largest absolute Gasteiger partial charge is 0.388 e. The van der Waals surface area contributed by atoms with Crippen molar-refractivity contribution in [3.05, 3.63) is 71.0 Å². The van der Waals surface area contributed by atoms with Gasteiger partial charge in [0, 0.05) is 13.7 Å². The van der Waals surface area contributed by atoms with E-state index in [0.29, 0.717) is 18.7 Å². The lowest BCUT2D eigenvalue weighted by Gasteiger charge is -2.12. The van der Waals surface area contributed by atoms with E-state index in [0.717, 1.165) is 11.1 Å². The molecule has 0 aliphatic heterocycles. The summed E-state index contributed by atoms with van der Waals surface area (Å²) in [5.74, 6) is -0.726. The van der Waals surface area contributed by atoms with Gasteiger partial charge in [0.15, 0.2) is 0 Å². The lowest BCUT2D eigenvalue weighted by atomic mass is 10.1. The van der Waals surface area contributed by atoms with Crippen LogP contribution in [0.4, 0.5) is 4.39 Å². The van der Waals surface area contributed by atoms with Gasteiger partial charge in [-0.3, -0.25) is 4.79 Å². The SMILES string of the molecule is COCc1cccc(CNC(=O)CC(O)c2cccc(F)c2)c1. The Kier molecular flexibility index (Phi) is 6.26. The molecule has 0 aromatic heterocycles. The smallest absolute Gasteiger partial charge is 0.223 e. The van der Waals surface area contributed by atoms with Gasteiger partial charge in [0.2, 0.25) is 5.91 Å². The number of aliphatic hydroxyl groups excluding tert-OH is 1. The number of hydrogen-bond acceptors (Lipinski definition) is 3. The zero-order valence-corrected chi connectivity index (χ0v) is 13.0. The molecular weight excluding hydrogens is 297 g/mol. The van der Waals surface area contributed by atoms with Crippen molar-refractivity contribution in [2.45, 2.75) is 25.7 Å². The van der Waals surface area contributed by atoms with E-state index in [1.165, 1.54) is 18.2 Å². The number of carbonyl (C=O) groups excluding carboxylic acids is 1. The Morgan fingerprint density at radius 3 is 2.70 bits per heavy atom. The molecule has 2 rings (SSSR count). The Morgan fingerprint density at radius 2 is 1.96 bits per heavy atom. The van der Waals surface area contributed by atoms with E-state index in [4.69, 9.17) is 4.74 Å². The normalized spacial score (nSPS) is 12.0. The van der Waals surface area contributed by atoms with Crippen molar-refractivity contribution < 1.29 is 19.0 Å². The number of amides is 1. The number of halogens is 1. The highest BCUT2D eigenvalue weighted by molar-refractivity contribution is 5.76. The van der Waals surface area contributed by atoms with Crippen LogP contribution in [0.1, 0.15) is 29.2 Å². The Labute approximate surface area is 134 Å². The fraction of sp³-hybridized carbons (Fsp3) is 0.278. The summed E-state index contributed by atoms with van der Waals surface area (Å²) in [4.78, 5) is 11.9. The summed E-state index contributed by atoms with van der Waals surface area (Å²) in [5.41, 5.74) is 2.37. The van der Waals surface area contributed by atoms with Crippen molar-refractivity contribution >= 4 is 5.91 Å². The lowest BCUT2D eigenvalue weighted by Crippen LogP contribution is -2.24. The van der Waals surface area contributed by atoms with Gasteiger partial charge in [0.05, 0.1) is 19.1 Å². The van der Waals surface area contributed by atoms with E-state index < -0.39 is 11.9 Å². The van der Waals surface area contributed by atoms with Crippen LogP contribution in [0.5, 0.6) is 0 Å². The van der Waals surface area contributed by atoms with Crippen molar-refractivity contribution in [3.63, 3.8) is 0 Å². The fourth-order valence-electron chi connectivity index (χ4n) is 2.28. The minimum absolute atomic E-state index is 0.110.